The SMILES string of the molecule is CCNC(CC)CCc1ccc(Cl)s1. The molecule has 14 heavy (non-hydrogen) atoms. The van der Waals surface area contributed by atoms with E-state index in [0.29, 0.717) is 6.04 Å². The molecule has 3 heteroatoms. The summed E-state index contributed by atoms with van der Waals surface area (Å²) in [6.45, 7) is 5.45. The molecule has 1 aromatic rings. The van der Waals surface area contributed by atoms with Crippen LogP contribution in [0.25, 0.3) is 0 Å². The lowest BCUT2D eigenvalue weighted by Crippen LogP contribution is -2.28. The third-order valence-corrected chi connectivity index (χ3v) is 3.64. The van der Waals surface area contributed by atoms with E-state index in [2.05, 4.69) is 25.2 Å². The first kappa shape index (κ1) is 12.0. The monoisotopic (exact) mass is 231 g/mol. The van der Waals surface area contributed by atoms with E-state index in [0.717, 1.165) is 17.3 Å². The van der Waals surface area contributed by atoms with E-state index in [4.69, 9.17) is 11.6 Å². The van der Waals surface area contributed by atoms with Gasteiger partial charge in [0.2, 0.25) is 0 Å². The van der Waals surface area contributed by atoms with Gasteiger partial charge in [0.1, 0.15) is 0 Å². The van der Waals surface area contributed by atoms with Crippen LogP contribution in [0.15, 0.2) is 12.1 Å². The third-order valence-electron chi connectivity index (χ3n) is 2.35. The second-order valence-electron chi connectivity index (χ2n) is 3.41. The number of aryl methyl sites for hydroxylation is 1. The van der Waals surface area contributed by atoms with Crippen LogP contribution in [-0.2, 0) is 6.42 Å². The second-order valence-corrected chi connectivity index (χ2v) is 5.21. The average Bonchev–Trinajstić information content (AvgIpc) is 2.59. The summed E-state index contributed by atoms with van der Waals surface area (Å²) in [4.78, 5) is 1.39. The lowest BCUT2D eigenvalue weighted by Gasteiger charge is -2.14. The van der Waals surface area contributed by atoms with Crippen molar-refractivity contribution in [2.75, 3.05) is 6.54 Å². The quantitative estimate of drug-likeness (QED) is 0.787. The van der Waals surface area contributed by atoms with E-state index >= 15 is 0 Å². The Morgan fingerprint density at radius 3 is 2.71 bits per heavy atom. The normalized spacial score (nSPS) is 13.1. The van der Waals surface area contributed by atoms with Crippen LogP contribution in [-0.4, -0.2) is 12.6 Å². The maximum Gasteiger partial charge on any atom is 0.0931 e. The Labute approximate surface area is 95.5 Å². The molecule has 0 bridgehead atoms. The Bertz CT molecular complexity index is 260. The fourth-order valence-electron chi connectivity index (χ4n) is 1.54. The van der Waals surface area contributed by atoms with Gasteiger partial charge < -0.3 is 5.32 Å². The van der Waals surface area contributed by atoms with Gasteiger partial charge in [-0.3, -0.25) is 0 Å². The van der Waals surface area contributed by atoms with Crippen molar-refractivity contribution in [3.8, 4) is 0 Å². The zero-order valence-corrected chi connectivity index (χ0v) is 10.4. The molecule has 0 saturated heterocycles. The van der Waals surface area contributed by atoms with E-state index in [9.17, 15) is 0 Å². The Kier molecular flexibility index (Phi) is 5.53. The van der Waals surface area contributed by atoms with Crippen LogP contribution < -0.4 is 5.32 Å². The molecule has 0 aliphatic rings. The van der Waals surface area contributed by atoms with Crippen molar-refractivity contribution in [2.24, 2.45) is 0 Å². The molecule has 0 aliphatic heterocycles. The standard InChI is InChI=1S/C11H18ClNS/c1-3-9(13-4-2)5-6-10-7-8-11(12)14-10/h7-9,13H,3-6H2,1-2H3. The summed E-state index contributed by atoms with van der Waals surface area (Å²) in [6.07, 6.45) is 3.55. The summed E-state index contributed by atoms with van der Waals surface area (Å²) in [6, 6.07) is 4.77. The first-order valence-corrected chi connectivity index (χ1v) is 6.43. The number of thiophene rings is 1. The van der Waals surface area contributed by atoms with Crippen molar-refractivity contribution in [1.82, 2.24) is 5.32 Å². The highest BCUT2D eigenvalue weighted by Crippen LogP contribution is 2.23. The lowest BCUT2D eigenvalue weighted by atomic mass is 10.1. The van der Waals surface area contributed by atoms with Crippen molar-refractivity contribution in [3.05, 3.63) is 21.3 Å². The molecule has 1 N–H and O–H groups in total. The number of halogens is 1. The minimum absolute atomic E-state index is 0.654. The Balaban J connectivity index is 2.31. The summed E-state index contributed by atoms with van der Waals surface area (Å²) < 4.78 is 0.900. The fraction of sp³-hybridized carbons (Fsp3) is 0.636. The first-order valence-electron chi connectivity index (χ1n) is 5.23. The lowest BCUT2D eigenvalue weighted by molar-refractivity contribution is 0.482. The Hall–Kier alpha value is -0.0500. The largest absolute Gasteiger partial charge is 0.314 e. The van der Waals surface area contributed by atoms with Gasteiger partial charge >= 0.3 is 0 Å². The molecule has 1 rings (SSSR count). The number of hydrogen-bond acceptors (Lipinski definition) is 2. The maximum atomic E-state index is 5.87. The van der Waals surface area contributed by atoms with Gasteiger partial charge in [-0.25, -0.2) is 0 Å². The molecule has 0 saturated carbocycles. The van der Waals surface area contributed by atoms with Gasteiger partial charge in [-0.1, -0.05) is 25.4 Å². The smallest absolute Gasteiger partial charge is 0.0931 e. The van der Waals surface area contributed by atoms with Crippen LogP contribution in [0.2, 0.25) is 4.34 Å². The minimum Gasteiger partial charge on any atom is -0.314 e. The maximum absolute atomic E-state index is 5.87. The molecule has 80 valence electrons. The number of hydrogen-bond donors (Lipinski definition) is 1. The van der Waals surface area contributed by atoms with Crippen LogP contribution in [0.4, 0.5) is 0 Å². The highest BCUT2D eigenvalue weighted by molar-refractivity contribution is 7.16. The van der Waals surface area contributed by atoms with Gasteiger partial charge in [0.05, 0.1) is 4.34 Å². The zero-order valence-electron chi connectivity index (χ0n) is 8.85. The second kappa shape index (κ2) is 6.44. The molecule has 1 atom stereocenters. The summed E-state index contributed by atoms with van der Waals surface area (Å²) in [5.41, 5.74) is 0. The molecule has 0 radical (unpaired) electrons. The van der Waals surface area contributed by atoms with E-state index in [1.54, 1.807) is 11.3 Å². The molecule has 1 heterocycles. The summed E-state index contributed by atoms with van der Waals surface area (Å²) >= 11 is 7.57. The first-order chi connectivity index (χ1) is 6.76. The number of nitrogens with one attached hydrogen (secondary N) is 1. The molecule has 1 unspecified atom stereocenters. The van der Waals surface area contributed by atoms with Crippen molar-refractivity contribution in [2.45, 2.75) is 39.2 Å². The number of rotatable bonds is 6. The topological polar surface area (TPSA) is 12.0 Å². The van der Waals surface area contributed by atoms with Crippen molar-refractivity contribution in [3.63, 3.8) is 0 Å². The third kappa shape index (κ3) is 3.99. The van der Waals surface area contributed by atoms with E-state index in [-0.39, 0.29) is 0 Å². The van der Waals surface area contributed by atoms with E-state index in [1.807, 2.05) is 6.07 Å². The van der Waals surface area contributed by atoms with Gasteiger partial charge in [0, 0.05) is 10.9 Å². The van der Waals surface area contributed by atoms with Gasteiger partial charge in [-0.2, -0.15) is 0 Å². The van der Waals surface area contributed by atoms with Crippen LogP contribution in [0.3, 0.4) is 0 Å². The average molecular weight is 232 g/mol. The van der Waals surface area contributed by atoms with Crippen molar-refractivity contribution < 1.29 is 0 Å². The molecular weight excluding hydrogens is 214 g/mol. The van der Waals surface area contributed by atoms with Gasteiger partial charge in [0.15, 0.2) is 0 Å². The van der Waals surface area contributed by atoms with Crippen LogP contribution in [0, 0.1) is 0 Å². The van der Waals surface area contributed by atoms with E-state index < -0.39 is 0 Å². The van der Waals surface area contributed by atoms with Crippen molar-refractivity contribution in [1.29, 1.82) is 0 Å². The molecule has 1 nitrogen and oxygen atoms in total. The predicted molar refractivity (Wildman–Crippen MR) is 65.4 cm³/mol. The van der Waals surface area contributed by atoms with Crippen molar-refractivity contribution >= 4 is 22.9 Å². The van der Waals surface area contributed by atoms with Gasteiger partial charge in [0.25, 0.3) is 0 Å². The molecule has 0 spiro atoms. The van der Waals surface area contributed by atoms with Crippen LogP contribution in [0.1, 0.15) is 31.6 Å². The Morgan fingerprint density at radius 2 is 2.21 bits per heavy atom. The van der Waals surface area contributed by atoms with E-state index in [1.165, 1.54) is 17.7 Å². The molecule has 0 aliphatic carbocycles. The van der Waals surface area contributed by atoms with Gasteiger partial charge in [-0.05, 0) is 37.9 Å². The molecule has 1 aromatic heterocycles. The summed E-state index contributed by atoms with van der Waals surface area (Å²) in [5, 5.41) is 3.48. The molecule has 0 amide bonds. The minimum atomic E-state index is 0.654. The zero-order chi connectivity index (χ0) is 10.4. The van der Waals surface area contributed by atoms with Crippen LogP contribution >= 0.6 is 22.9 Å². The van der Waals surface area contributed by atoms with Gasteiger partial charge in [-0.15, -0.1) is 11.3 Å². The Morgan fingerprint density at radius 1 is 1.43 bits per heavy atom. The summed E-state index contributed by atoms with van der Waals surface area (Å²) in [7, 11) is 0. The molecular formula is C11H18ClNS. The summed E-state index contributed by atoms with van der Waals surface area (Å²) in [5.74, 6) is 0. The highest BCUT2D eigenvalue weighted by atomic mass is 35.5. The fourth-order valence-corrected chi connectivity index (χ4v) is 2.64. The highest BCUT2D eigenvalue weighted by Gasteiger charge is 2.05. The van der Waals surface area contributed by atoms with Crippen LogP contribution in [0.5, 0.6) is 0 Å². The predicted octanol–water partition coefficient (Wildman–Crippen LogP) is 3.72. The molecule has 0 aromatic carbocycles. The molecule has 0 fully saturated rings.